The number of methoxy groups -OCH3 is 1. The molecule has 1 saturated heterocycles. The summed E-state index contributed by atoms with van der Waals surface area (Å²) in [4.78, 5) is 25.7. The number of benzene rings is 1. The van der Waals surface area contributed by atoms with E-state index in [1.807, 2.05) is 38.1 Å². The topological polar surface area (TPSA) is 46.6 Å². The SMILES string of the molecule is COc1ccc([C@H](C)N2CC(C)(C(C)=O)CC2=O)cc1. The van der Waals surface area contributed by atoms with Crippen molar-refractivity contribution in [1.82, 2.24) is 4.90 Å². The highest BCUT2D eigenvalue weighted by molar-refractivity contribution is 5.92. The molecule has 4 heteroatoms. The van der Waals surface area contributed by atoms with Crippen LogP contribution in [-0.2, 0) is 9.59 Å². The molecule has 0 aromatic heterocycles. The van der Waals surface area contributed by atoms with Crippen LogP contribution in [0.2, 0.25) is 0 Å². The molecule has 20 heavy (non-hydrogen) atoms. The third kappa shape index (κ3) is 2.55. The molecule has 2 atom stereocenters. The normalized spacial score (nSPS) is 23.8. The highest BCUT2D eigenvalue weighted by Gasteiger charge is 2.44. The predicted octanol–water partition coefficient (Wildman–Crippen LogP) is 2.58. The van der Waals surface area contributed by atoms with Gasteiger partial charge in [0.25, 0.3) is 0 Å². The summed E-state index contributed by atoms with van der Waals surface area (Å²) in [6, 6.07) is 7.66. The smallest absolute Gasteiger partial charge is 0.224 e. The van der Waals surface area contributed by atoms with Gasteiger partial charge in [-0.2, -0.15) is 0 Å². The summed E-state index contributed by atoms with van der Waals surface area (Å²) < 4.78 is 5.13. The Morgan fingerprint density at radius 1 is 1.35 bits per heavy atom. The zero-order chi connectivity index (χ0) is 14.9. The number of hydrogen-bond acceptors (Lipinski definition) is 3. The fourth-order valence-electron chi connectivity index (χ4n) is 2.61. The number of amides is 1. The maximum absolute atomic E-state index is 12.2. The first-order chi connectivity index (χ1) is 9.37. The van der Waals surface area contributed by atoms with E-state index < -0.39 is 5.41 Å². The molecule has 1 heterocycles. The second kappa shape index (κ2) is 5.27. The monoisotopic (exact) mass is 275 g/mol. The molecular formula is C16H21NO3. The molecule has 0 radical (unpaired) electrons. The van der Waals surface area contributed by atoms with E-state index in [9.17, 15) is 9.59 Å². The van der Waals surface area contributed by atoms with E-state index in [4.69, 9.17) is 4.74 Å². The van der Waals surface area contributed by atoms with Crippen LogP contribution in [-0.4, -0.2) is 30.2 Å². The zero-order valence-electron chi connectivity index (χ0n) is 12.5. The van der Waals surface area contributed by atoms with Gasteiger partial charge in [0.15, 0.2) is 0 Å². The number of Topliss-reactive ketones (excluding diaryl/α,β-unsaturated/α-hetero) is 1. The van der Waals surface area contributed by atoms with Crippen molar-refractivity contribution in [2.24, 2.45) is 5.41 Å². The van der Waals surface area contributed by atoms with Gasteiger partial charge in [-0.15, -0.1) is 0 Å². The molecule has 4 nitrogen and oxygen atoms in total. The van der Waals surface area contributed by atoms with E-state index in [-0.39, 0.29) is 17.7 Å². The molecule has 1 amide bonds. The molecule has 1 aromatic carbocycles. The highest BCUT2D eigenvalue weighted by Crippen LogP contribution is 2.37. The second-order valence-corrected chi connectivity index (χ2v) is 5.76. The maximum Gasteiger partial charge on any atom is 0.224 e. The minimum absolute atomic E-state index is 0.0328. The van der Waals surface area contributed by atoms with Crippen LogP contribution in [0.15, 0.2) is 24.3 Å². The van der Waals surface area contributed by atoms with Crippen LogP contribution in [0.1, 0.15) is 38.8 Å². The van der Waals surface area contributed by atoms with E-state index in [2.05, 4.69) is 0 Å². The van der Waals surface area contributed by atoms with Crippen LogP contribution in [0.4, 0.5) is 0 Å². The summed E-state index contributed by atoms with van der Waals surface area (Å²) >= 11 is 0. The van der Waals surface area contributed by atoms with Gasteiger partial charge in [-0.3, -0.25) is 9.59 Å². The molecule has 1 unspecified atom stereocenters. The first-order valence-electron chi connectivity index (χ1n) is 6.82. The van der Waals surface area contributed by atoms with Crippen molar-refractivity contribution in [3.8, 4) is 5.75 Å². The van der Waals surface area contributed by atoms with Gasteiger partial charge >= 0.3 is 0 Å². The lowest BCUT2D eigenvalue weighted by molar-refractivity contribution is -0.130. The zero-order valence-corrected chi connectivity index (χ0v) is 12.5. The van der Waals surface area contributed by atoms with Gasteiger partial charge in [-0.1, -0.05) is 19.1 Å². The predicted molar refractivity (Wildman–Crippen MR) is 76.5 cm³/mol. The largest absolute Gasteiger partial charge is 0.497 e. The van der Waals surface area contributed by atoms with E-state index in [0.29, 0.717) is 13.0 Å². The third-order valence-electron chi connectivity index (χ3n) is 4.30. The van der Waals surface area contributed by atoms with E-state index in [1.165, 1.54) is 0 Å². The summed E-state index contributed by atoms with van der Waals surface area (Å²) in [6.45, 7) is 5.92. The number of rotatable bonds is 4. The molecule has 108 valence electrons. The molecular weight excluding hydrogens is 254 g/mol. The van der Waals surface area contributed by atoms with E-state index >= 15 is 0 Å². The number of ether oxygens (including phenoxy) is 1. The van der Waals surface area contributed by atoms with Crippen molar-refractivity contribution in [3.05, 3.63) is 29.8 Å². The van der Waals surface area contributed by atoms with Crippen molar-refractivity contribution >= 4 is 11.7 Å². The van der Waals surface area contributed by atoms with Gasteiger partial charge in [0.1, 0.15) is 11.5 Å². The van der Waals surface area contributed by atoms with Crippen LogP contribution in [0.25, 0.3) is 0 Å². The van der Waals surface area contributed by atoms with Crippen LogP contribution >= 0.6 is 0 Å². The Morgan fingerprint density at radius 2 is 1.95 bits per heavy atom. The Balaban J connectivity index is 2.18. The third-order valence-corrected chi connectivity index (χ3v) is 4.30. The van der Waals surface area contributed by atoms with Crippen LogP contribution < -0.4 is 4.74 Å². The van der Waals surface area contributed by atoms with Gasteiger partial charge in [-0.25, -0.2) is 0 Å². The summed E-state index contributed by atoms with van der Waals surface area (Å²) in [5.41, 5.74) is 0.504. The average molecular weight is 275 g/mol. The van der Waals surface area contributed by atoms with Crippen molar-refractivity contribution in [3.63, 3.8) is 0 Å². The molecule has 0 saturated carbocycles. The number of ketones is 1. The van der Waals surface area contributed by atoms with Crippen LogP contribution in [0, 0.1) is 5.41 Å². The molecule has 0 spiro atoms. The lowest BCUT2D eigenvalue weighted by atomic mass is 9.85. The number of hydrogen-bond donors (Lipinski definition) is 0. The Morgan fingerprint density at radius 3 is 2.40 bits per heavy atom. The minimum Gasteiger partial charge on any atom is -0.497 e. The summed E-state index contributed by atoms with van der Waals surface area (Å²) in [5.74, 6) is 0.920. The van der Waals surface area contributed by atoms with Gasteiger partial charge < -0.3 is 9.64 Å². The number of carbonyl (C=O) groups is 2. The van der Waals surface area contributed by atoms with Crippen molar-refractivity contribution in [1.29, 1.82) is 0 Å². The first kappa shape index (κ1) is 14.6. The maximum atomic E-state index is 12.2. The fraction of sp³-hybridized carbons (Fsp3) is 0.500. The van der Waals surface area contributed by atoms with Crippen LogP contribution in [0.5, 0.6) is 5.75 Å². The standard InChI is InChI=1S/C16H21NO3/c1-11(13-5-7-14(20-4)8-6-13)17-10-16(3,12(2)18)9-15(17)19/h5-8,11H,9-10H2,1-4H3/t11-,16?/m0/s1. The Hall–Kier alpha value is -1.84. The Bertz CT molecular complexity index is 523. The fourth-order valence-corrected chi connectivity index (χ4v) is 2.61. The summed E-state index contributed by atoms with van der Waals surface area (Å²) in [7, 11) is 1.63. The minimum atomic E-state index is -0.544. The quantitative estimate of drug-likeness (QED) is 0.848. The average Bonchev–Trinajstić information content (AvgIpc) is 2.75. The molecule has 0 bridgehead atoms. The van der Waals surface area contributed by atoms with Crippen molar-refractivity contribution in [2.45, 2.75) is 33.2 Å². The number of carbonyl (C=O) groups excluding carboxylic acids is 2. The second-order valence-electron chi connectivity index (χ2n) is 5.76. The Kier molecular flexibility index (Phi) is 3.84. The summed E-state index contributed by atoms with van der Waals surface area (Å²) in [5, 5.41) is 0. The van der Waals surface area contributed by atoms with Gasteiger partial charge in [0, 0.05) is 13.0 Å². The van der Waals surface area contributed by atoms with Gasteiger partial charge in [0.05, 0.1) is 18.6 Å². The van der Waals surface area contributed by atoms with E-state index in [1.54, 1.807) is 18.9 Å². The number of nitrogens with zero attached hydrogens (tertiary/aromatic N) is 1. The molecule has 1 aliphatic heterocycles. The molecule has 2 rings (SSSR count). The molecule has 1 fully saturated rings. The van der Waals surface area contributed by atoms with Crippen molar-refractivity contribution < 1.29 is 14.3 Å². The molecule has 0 N–H and O–H groups in total. The lowest BCUT2D eigenvalue weighted by Gasteiger charge is -2.27. The lowest BCUT2D eigenvalue weighted by Crippen LogP contribution is -2.32. The van der Waals surface area contributed by atoms with E-state index in [0.717, 1.165) is 11.3 Å². The number of likely N-dealkylation sites (tertiary alicyclic amines) is 1. The van der Waals surface area contributed by atoms with Crippen LogP contribution in [0.3, 0.4) is 0 Å². The molecule has 1 aromatic rings. The molecule has 0 aliphatic carbocycles. The molecule has 1 aliphatic rings. The van der Waals surface area contributed by atoms with Gasteiger partial charge in [0.2, 0.25) is 5.91 Å². The Labute approximate surface area is 119 Å². The summed E-state index contributed by atoms with van der Waals surface area (Å²) in [6.07, 6.45) is 0.308. The van der Waals surface area contributed by atoms with Gasteiger partial charge in [-0.05, 0) is 31.5 Å². The van der Waals surface area contributed by atoms with Crippen molar-refractivity contribution in [2.75, 3.05) is 13.7 Å². The first-order valence-corrected chi connectivity index (χ1v) is 6.82. The highest BCUT2D eigenvalue weighted by atomic mass is 16.5.